The van der Waals surface area contributed by atoms with E-state index in [4.69, 9.17) is 9.47 Å². The lowest BCUT2D eigenvalue weighted by molar-refractivity contribution is -0.144. The third-order valence-electron chi connectivity index (χ3n) is 5.12. The predicted molar refractivity (Wildman–Crippen MR) is 123 cm³/mol. The Morgan fingerprint density at radius 1 is 1.18 bits per heavy atom. The number of carbonyl (C=O) groups excluding carboxylic acids is 3. The number of rotatable bonds is 9. The van der Waals surface area contributed by atoms with E-state index in [1.54, 1.807) is 12.1 Å². The van der Waals surface area contributed by atoms with Crippen molar-refractivity contribution in [2.24, 2.45) is 5.92 Å². The summed E-state index contributed by atoms with van der Waals surface area (Å²) in [6.07, 6.45) is 2.47. The first-order chi connectivity index (χ1) is 15.7. The van der Waals surface area contributed by atoms with Gasteiger partial charge >= 0.3 is 5.97 Å². The summed E-state index contributed by atoms with van der Waals surface area (Å²) >= 11 is 0. The molecule has 2 amide bonds. The Labute approximate surface area is 193 Å². The second-order valence-electron chi connectivity index (χ2n) is 8.01. The lowest BCUT2D eigenvalue weighted by Crippen LogP contribution is -2.34. The van der Waals surface area contributed by atoms with Crippen molar-refractivity contribution < 1.29 is 23.9 Å². The Hall–Kier alpha value is -3.86. The van der Waals surface area contributed by atoms with Crippen LogP contribution in [0.3, 0.4) is 0 Å². The van der Waals surface area contributed by atoms with Crippen LogP contribution in [0.2, 0.25) is 0 Å². The smallest absolute Gasteiger partial charge is 0.349 e. The Kier molecular flexibility index (Phi) is 8.98. The minimum atomic E-state index is -0.934. The van der Waals surface area contributed by atoms with Gasteiger partial charge in [0.25, 0.3) is 11.8 Å². The Morgan fingerprint density at radius 2 is 1.85 bits per heavy atom. The molecule has 0 saturated heterocycles. The molecular formula is C25H29N3O5. The van der Waals surface area contributed by atoms with Crippen LogP contribution in [0.1, 0.15) is 47.6 Å². The Balaban J connectivity index is 1.99. The molecule has 0 fully saturated rings. The molecule has 0 aliphatic rings. The van der Waals surface area contributed by atoms with Crippen LogP contribution < -0.4 is 10.1 Å². The van der Waals surface area contributed by atoms with Gasteiger partial charge in [-0.15, -0.1) is 0 Å². The van der Waals surface area contributed by atoms with Crippen molar-refractivity contribution >= 4 is 23.9 Å². The highest BCUT2D eigenvalue weighted by molar-refractivity contribution is 6.06. The predicted octanol–water partition coefficient (Wildman–Crippen LogP) is 3.57. The summed E-state index contributed by atoms with van der Waals surface area (Å²) in [6, 6.07) is 9.90. The van der Waals surface area contributed by atoms with Crippen LogP contribution in [0.5, 0.6) is 5.75 Å². The number of hydrogen-bond donors (Lipinski definition) is 1. The SMILES string of the molecule is COc1ccc(C(=O)NC(=O)COC(=O)/C(C#N)=C/c2cc(C)n(CCC(C)C)c2C)cc1. The van der Waals surface area contributed by atoms with Gasteiger partial charge in [0.15, 0.2) is 6.61 Å². The summed E-state index contributed by atoms with van der Waals surface area (Å²) in [5, 5.41) is 11.5. The van der Waals surface area contributed by atoms with Crippen molar-refractivity contribution in [3.05, 3.63) is 58.4 Å². The zero-order chi connectivity index (χ0) is 24.5. The number of nitrogens with zero attached hydrogens (tertiary/aromatic N) is 2. The molecule has 174 valence electrons. The number of ether oxygens (including phenoxy) is 2. The van der Waals surface area contributed by atoms with Gasteiger partial charge in [-0.1, -0.05) is 13.8 Å². The lowest BCUT2D eigenvalue weighted by Gasteiger charge is -2.11. The molecule has 0 bridgehead atoms. The summed E-state index contributed by atoms with van der Waals surface area (Å²) in [7, 11) is 1.50. The lowest BCUT2D eigenvalue weighted by atomic mass is 10.1. The number of benzene rings is 1. The molecule has 1 aromatic carbocycles. The van der Waals surface area contributed by atoms with Gasteiger partial charge < -0.3 is 14.0 Å². The average molecular weight is 452 g/mol. The van der Waals surface area contributed by atoms with E-state index in [9.17, 15) is 19.6 Å². The molecule has 0 radical (unpaired) electrons. The van der Waals surface area contributed by atoms with E-state index in [1.807, 2.05) is 26.0 Å². The minimum Gasteiger partial charge on any atom is -0.497 e. The van der Waals surface area contributed by atoms with E-state index in [-0.39, 0.29) is 11.1 Å². The highest BCUT2D eigenvalue weighted by Gasteiger charge is 2.17. The second-order valence-corrected chi connectivity index (χ2v) is 8.01. The molecule has 8 heteroatoms. The van der Waals surface area contributed by atoms with Gasteiger partial charge in [-0.05, 0) is 68.2 Å². The molecule has 0 atom stereocenters. The minimum absolute atomic E-state index is 0.228. The van der Waals surface area contributed by atoms with Crippen molar-refractivity contribution in [2.75, 3.05) is 13.7 Å². The van der Waals surface area contributed by atoms with E-state index in [2.05, 4.69) is 23.7 Å². The van der Waals surface area contributed by atoms with Gasteiger partial charge in [-0.3, -0.25) is 14.9 Å². The molecular weight excluding hydrogens is 422 g/mol. The second kappa shape index (κ2) is 11.7. The maximum Gasteiger partial charge on any atom is 0.349 e. The van der Waals surface area contributed by atoms with Crippen LogP contribution in [0.4, 0.5) is 0 Å². The average Bonchev–Trinajstić information content (AvgIpc) is 3.06. The van der Waals surface area contributed by atoms with E-state index in [0.29, 0.717) is 11.7 Å². The number of aromatic nitrogens is 1. The first-order valence-corrected chi connectivity index (χ1v) is 10.6. The maximum atomic E-state index is 12.3. The molecule has 0 aliphatic carbocycles. The third-order valence-corrected chi connectivity index (χ3v) is 5.12. The molecule has 2 aromatic rings. The van der Waals surface area contributed by atoms with E-state index in [1.165, 1.54) is 25.3 Å². The molecule has 1 heterocycles. The largest absolute Gasteiger partial charge is 0.497 e. The molecule has 8 nitrogen and oxygen atoms in total. The summed E-state index contributed by atoms with van der Waals surface area (Å²) in [5.41, 5.74) is 2.73. The monoisotopic (exact) mass is 451 g/mol. The van der Waals surface area contributed by atoms with Gasteiger partial charge in [-0.25, -0.2) is 4.79 Å². The normalized spacial score (nSPS) is 11.1. The standard InChI is InChI=1S/C25H29N3O5/c1-16(2)10-11-28-17(3)12-20(18(28)4)13-21(14-26)25(31)33-15-23(29)27-24(30)19-6-8-22(32-5)9-7-19/h6-9,12-13,16H,10-11,15H2,1-5H3,(H,27,29,30)/b21-13+. The van der Waals surface area contributed by atoms with Gasteiger partial charge in [-0.2, -0.15) is 5.26 Å². The number of amides is 2. The van der Waals surface area contributed by atoms with Gasteiger partial charge in [0.05, 0.1) is 7.11 Å². The molecule has 0 aliphatic heterocycles. The number of esters is 1. The molecule has 2 rings (SSSR count). The van der Waals surface area contributed by atoms with Crippen molar-refractivity contribution in [2.45, 2.75) is 40.7 Å². The summed E-state index contributed by atoms with van der Waals surface area (Å²) in [5.74, 6) is -1.24. The molecule has 1 aromatic heterocycles. The highest BCUT2D eigenvalue weighted by Crippen LogP contribution is 2.20. The van der Waals surface area contributed by atoms with Gasteiger partial charge in [0.2, 0.25) is 0 Å². The van der Waals surface area contributed by atoms with Crippen LogP contribution in [0, 0.1) is 31.1 Å². The van der Waals surface area contributed by atoms with Crippen LogP contribution in [-0.2, 0) is 20.9 Å². The van der Waals surface area contributed by atoms with Crippen LogP contribution >= 0.6 is 0 Å². The first kappa shape index (κ1) is 25.4. The number of aryl methyl sites for hydroxylation is 1. The number of nitrogens with one attached hydrogen (secondary N) is 1. The zero-order valence-corrected chi connectivity index (χ0v) is 19.6. The number of hydrogen-bond acceptors (Lipinski definition) is 6. The van der Waals surface area contributed by atoms with E-state index in [0.717, 1.165) is 29.9 Å². The molecule has 33 heavy (non-hydrogen) atoms. The van der Waals surface area contributed by atoms with E-state index < -0.39 is 24.4 Å². The number of imide groups is 1. The van der Waals surface area contributed by atoms with Crippen molar-refractivity contribution in [1.29, 1.82) is 5.26 Å². The van der Waals surface area contributed by atoms with E-state index >= 15 is 0 Å². The fourth-order valence-electron chi connectivity index (χ4n) is 3.18. The Morgan fingerprint density at radius 3 is 2.42 bits per heavy atom. The fourth-order valence-corrected chi connectivity index (χ4v) is 3.18. The van der Waals surface area contributed by atoms with Crippen molar-refractivity contribution in [3.8, 4) is 11.8 Å². The third kappa shape index (κ3) is 7.07. The highest BCUT2D eigenvalue weighted by atomic mass is 16.5. The number of methoxy groups -OCH3 is 1. The van der Waals surface area contributed by atoms with Crippen molar-refractivity contribution in [1.82, 2.24) is 9.88 Å². The summed E-state index contributed by atoms with van der Waals surface area (Å²) in [6.45, 7) is 8.36. The topological polar surface area (TPSA) is 110 Å². The Bertz CT molecular complexity index is 1090. The van der Waals surface area contributed by atoms with Gasteiger partial charge in [0.1, 0.15) is 17.4 Å². The first-order valence-electron chi connectivity index (χ1n) is 10.6. The van der Waals surface area contributed by atoms with Crippen LogP contribution in [0.25, 0.3) is 6.08 Å². The molecule has 0 unspecified atom stereocenters. The van der Waals surface area contributed by atoms with Crippen molar-refractivity contribution in [3.63, 3.8) is 0 Å². The summed E-state index contributed by atoms with van der Waals surface area (Å²) in [4.78, 5) is 36.5. The van der Waals surface area contributed by atoms with Gasteiger partial charge in [0, 0.05) is 23.5 Å². The number of nitriles is 1. The fraction of sp³-hybridized carbons (Fsp3) is 0.360. The molecule has 0 saturated carbocycles. The summed E-state index contributed by atoms with van der Waals surface area (Å²) < 4.78 is 12.1. The number of carbonyl (C=O) groups is 3. The van der Waals surface area contributed by atoms with Crippen LogP contribution in [-0.4, -0.2) is 36.1 Å². The maximum absolute atomic E-state index is 12.3. The zero-order valence-electron chi connectivity index (χ0n) is 19.6. The molecule has 0 spiro atoms. The van der Waals surface area contributed by atoms with Crippen LogP contribution in [0.15, 0.2) is 35.9 Å². The quantitative estimate of drug-likeness (QED) is 0.355. The molecule has 1 N–H and O–H groups in total.